The number of nitrogens with zero attached hydrogens (tertiary/aromatic N) is 1. The molecule has 2 unspecified atom stereocenters. The Bertz CT molecular complexity index is 398. The zero-order chi connectivity index (χ0) is 13.0. The van der Waals surface area contributed by atoms with E-state index in [1.54, 1.807) is 11.8 Å². The highest BCUT2D eigenvalue weighted by Crippen LogP contribution is 2.24. The van der Waals surface area contributed by atoms with Crippen LogP contribution >= 0.6 is 27.7 Å². The van der Waals surface area contributed by atoms with Crippen LogP contribution in [0.4, 0.5) is 0 Å². The molecule has 1 aliphatic rings. The number of carbonyl (C=O) groups is 1. The van der Waals surface area contributed by atoms with E-state index in [9.17, 15) is 4.79 Å². The summed E-state index contributed by atoms with van der Waals surface area (Å²) >= 11 is 5.28. The molecule has 4 heteroatoms. The van der Waals surface area contributed by atoms with E-state index in [2.05, 4.69) is 22.9 Å². The summed E-state index contributed by atoms with van der Waals surface area (Å²) in [5.74, 6) is 1.35. The predicted octanol–water partition coefficient (Wildman–Crippen LogP) is 3.41. The molecule has 1 fully saturated rings. The van der Waals surface area contributed by atoms with Crippen molar-refractivity contribution in [2.24, 2.45) is 5.92 Å². The minimum atomic E-state index is 0.259. The Morgan fingerprint density at radius 2 is 2.17 bits per heavy atom. The van der Waals surface area contributed by atoms with Crippen molar-refractivity contribution in [1.82, 2.24) is 4.90 Å². The van der Waals surface area contributed by atoms with Crippen molar-refractivity contribution in [3.8, 4) is 0 Å². The van der Waals surface area contributed by atoms with Crippen molar-refractivity contribution >= 4 is 33.6 Å². The SMILES string of the molecule is CC1CN(C(=O)CSc2ccccc2)CCC1Br. The van der Waals surface area contributed by atoms with Crippen LogP contribution in [0, 0.1) is 5.92 Å². The predicted molar refractivity (Wildman–Crippen MR) is 80.2 cm³/mol. The first-order valence-electron chi connectivity index (χ1n) is 6.26. The normalized spacial score (nSPS) is 24.0. The lowest BCUT2D eigenvalue weighted by molar-refractivity contribution is -0.129. The molecule has 1 aromatic rings. The Morgan fingerprint density at radius 1 is 1.44 bits per heavy atom. The van der Waals surface area contributed by atoms with Gasteiger partial charge >= 0.3 is 0 Å². The Kier molecular flexibility index (Phi) is 5.13. The molecular weight excluding hydrogens is 310 g/mol. The van der Waals surface area contributed by atoms with Crippen LogP contribution in [-0.2, 0) is 4.79 Å². The number of halogens is 1. The average Bonchev–Trinajstić information content (AvgIpc) is 2.40. The lowest BCUT2D eigenvalue weighted by atomic mass is 10.0. The summed E-state index contributed by atoms with van der Waals surface area (Å²) in [7, 11) is 0. The first kappa shape index (κ1) is 13.9. The fraction of sp³-hybridized carbons (Fsp3) is 0.500. The molecule has 1 saturated heterocycles. The highest BCUT2D eigenvalue weighted by molar-refractivity contribution is 9.09. The molecule has 0 N–H and O–H groups in total. The molecule has 98 valence electrons. The van der Waals surface area contributed by atoms with E-state index >= 15 is 0 Å². The summed E-state index contributed by atoms with van der Waals surface area (Å²) in [5, 5.41) is 0. The maximum absolute atomic E-state index is 12.1. The fourth-order valence-electron chi connectivity index (χ4n) is 2.10. The van der Waals surface area contributed by atoms with E-state index in [1.807, 2.05) is 35.2 Å². The molecule has 0 saturated carbocycles. The number of thioether (sulfide) groups is 1. The van der Waals surface area contributed by atoms with Gasteiger partial charge in [-0.25, -0.2) is 0 Å². The van der Waals surface area contributed by atoms with E-state index in [0.717, 1.165) is 24.4 Å². The van der Waals surface area contributed by atoms with Crippen molar-refractivity contribution in [3.05, 3.63) is 30.3 Å². The van der Waals surface area contributed by atoms with Crippen molar-refractivity contribution in [3.63, 3.8) is 0 Å². The summed E-state index contributed by atoms with van der Waals surface area (Å²) in [6.07, 6.45) is 1.06. The lowest BCUT2D eigenvalue weighted by Crippen LogP contribution is -2.44. The molecular formula is C14H18BrNOS. The second-order valence-corrected chi connectivity index (χ2v) is 6.95. The average molecular weight is 328 g/mol. The number of rotatable bonds is 3. The Morgan fingerprint density at radius 3 is 2.83 bits per heavy atom. The van der Waals surface area contributed by atoms with Crippen LogP contribution in [0.2, 0.25) is 0 Å². The largest absolute Gasteiger partial charge is 0.342 e. The summed E-state index contributed by atoms with van der Waals surface area (Å²) in [5.41, 5.74) is 0. The number of amides is 1. The van der Waals surface area contributed by atoms with Crippen molar-refractivity contribution in [1.29, 1.82) is 0 Å². The monoisotopic (exact) mass is 327 g/mol. The third kappa shape index (κ3) is 3.75. The van der Waals surface area contributed by atoms with Crippen LogP contribution in [0.3, 0.4) is 0 Å². The molecule has 18 heavy (non-hydrogen) atoms. The van der Waals surface area contributed by atoms with E-state index in [1.165, 1.54) is 0 Å². The van der Waals surface area contributed by atoms with Crippen LogP contribution in [0.25, 0.3) is 0 Å². The molecule has 0 radical (unpaired) electrons. The van der Waals surface area contributed by atoms with Gasteiger partial charge in [-0.15, -0.1) is 11.8 Å². The molecule has 0 spiro atoms. The number of hydrogen-bond acceptors (Lipinski definition) is 2. The molecule has 0 aliphatic carbocycles. The number of hydrogen-bond donors (Lipinski definition) is 0. The Labute approximate surface area is 121 Å². The van der Waals surface area contributed by atoms with Crippen LogP contribution in [0.1, 0.15) is 13.3 Å². The van der Waals surface area contributed by atoms with Gasteiger partial charge in [0.25, 0.3) is 0 Å². The van der Waals surface area contributed by atoms with Crippen molar-refractivity contribution in [2.75, 3.05) is 18.8 Å². The maximum atomic E-state index is 12.1. The molecule has 1 aromatic carbocycles. The van der Waals surface area contributed by atoms with Gasteiger partial charge in [0.2, 0.25) is 5.91 Å². The van der Waals surface area contributed by atoms with Crippen LogP contribution in [-0.4, -0.2) is 34.5 Å². The smallest absolute Gasteiger partial charge is 0.232 e. The van der Waals surface area contributed by atoms with E-state index in [0.29, 0.717) is 16.5 Å². The minimum absolute atomic E-state index is 0.259. The van der Waals surface area contributed by atoms with E-state index < -0.39 is 0 Å². The quantitative estimate of drug-likeness (QED) is 0.626. The van der Waals surface area contributed by atoms with Gasteiger partial charge in [0, 0.05) is 22.8 Å². The fourth-order valence-corrected chi connectivity index (χ4v) is 3.29. The Hall–Kier alpha value is -0.480. The molecule has 1 amide bonds. The van der Waals surface area contributed by atoms with Gasteiger partial charge < -0.3 is 4.90 Å². The highest BCUT2D eigenvalue weighted by Gasteiger charge is 2.26. The van der Waals surface area contributed by atoms with Crippen LogP contribution in [0.15, 0.2) is 35.2 Å². The second kappa shape index (κ2) is 6.62. The third-order valence-electron chi connectivity index (χ3n) is 3.26. The number of likely N-dealkylation sites (tertiary alicyclic amines) is 1. The molecule has 2 atom stereocenters. The summed E-state index contributed by atoms with van der Waals surface area (Å²) in [6.45, 7) is 3.96. The number of carbonyl (C=O) groups excluding carboxylic acids is 1. The first-order valence-corrected chi connectivity index (χ1v) is 8.16. The molecule has 1 heterocycles. The van der Waals surface area contributed by atoms with Gasteiger partial charge in [-0.3, -0.25) is 4.79 Å². The van der Waals surface area contributed by atoms with Gasteiger partial charge in [-0.1, -0.05) is 41.1 Å². The van der Waals surface area contributed by atoms with Crippen LogP contribution in [0.5, 0.6) is 0 Å². The van der Waals surface area contributed by atoms with E-state index in [4.69, 9.17) is 0 Å². The highest BCUT2D eigenvalue weighted by atomic mass is 79.9. The maximum Gasteiger partial charge on any atom is 0.232 e. The van der Waals surface area contributed by atoms with Gasteiger partial charge in [-0.2, -0.15) is 0 Å². The molecule has 2 nitrogen and oxygen atoms in total. The number of benzene rings is 1. The zero-order valence-electron chi connectivity index (χ0n) is 10.5. The second-order valence-electron chi connectivity index (χ2n) is 4.72. The van der Waals surface area contributed by atoms with Crippen molar-refractivity contribution < 1.29 is 4.79 Å². The Balaban J connectivity index is 1.82. The number of alkyl halides is 1. The standard InChI is InChI=1S/C14H18BrNOS/c1-11-9-16(8-7-13(11)15)14(17)10-18-12-5-3-2-4-6-12/h2-6,11,13H,7-10H2,1H3. The third-order valence-corrected chi connectivity index (χ3v) is 5.62. The van der Waals surface area contributed by atoms with E-state index in [-0.39, 0.29) is 5.91 Å². The summed E-state index contributed by atoms with van der Waals surface area (Å²) < 4.78 is 0. The molecule has 1 aliphatic heterocycles. The zero-order valence-corrected chi connectivity index (χ0v) is 12.9. The first-order chi connectivity index (χ1) is 8.66. The minimum Gasteiger partial charge on any atom is -0.342 e. The van der Waals surface area contributed by atoms with Gasteiger partial charge in [0.15, 0.2) is 0 Å². The molecule has 0 bridgehead atoms. The van der Waals surface area contributed by atoms with Crippen LogP contribution < -0.4 is 0 Å². The summed E-state index contributed by atoms with van der Waals surface area (Å²) in [6, 6.07) is 10.1. The molecule has 2 rings (SSSR count). The van der Waals surface area contributed by atoms with Gasteiger partial charge in [0.1, 0.15) is 0 Å². The number of piperidine rings is 1. The van der Waals surface area contributed by atoms with Crippen molar-refractivity contribution in [2.45, 2.75) is 23.1 Å². The van der Waals surface area contributed by atoms with Gasteiger partial charge in [0.05, 0.1) is 5.75 Å². The molecule has 0 aromatic heterocycles. The lowest BCUT2D eigenvalue weighted by Gasteiger charge is -2.34. The topological polar surface area (TPSA) is 20.3 Å². The van der Waals surface area contributed by atoms with Gasteiger partial charge in [-0.05, 0) is 24.5 Å². The summed E-state index contributed by atoms with van der Waals surface area (Å²) in [4.78, 5) is 15.8.